The molecule has 2 aromatic carbocycles. The molecule has 0 aliphatic carbocycles. The van der Waals surface area contributed by atoms with Crippen molar-refractivity contribution in [2.75, 3.05) is 19.5 Å². The van der Waals surface area contributed by atoms with E-state index >= 15 is 0 Å². The van der Waals surface area contributed by atoms with Gasteiger partial charge in [-0.25, -0.2) is 0 Å². The Morgan fingerprint density at radius 1 is 1.09 bits per heavy atom. The summed E-state index contributed by atoms with van der Waals surface area (Å²) in [6.07, 6.45) is 0. The van der Waals surface area contributed by atoms with E-state index in [1.807, 2.05) is 30.3 Å². The Hall–Kier alpha value is -1.91. The number of hydrogen-bond acceptors (Lipinski definition) is 3. The predicted octanol–water partition coefficient (Wildman–Crippen LogP) is 4.11. The van der Waals surface area contributed by atoms with Crippen molar-refractivity contribution in [2.24, 2.45) is 0 Å². The van der Waals surface area contributed by atoms with Gasteiger partial charge < -0.3 is 14.8 Å². The van der Waals surface area contributed by atoms with Crippen LogP contribution in [0.25, 0.3) is 11.1 Å². The van der Waals surface area contributed by atoms with Crippen LogP contribution in [0.15, 0.2) is 42.5 Å². The molecule has 0 aromatic heterocycles. The highest BCUT2D eigenvalue weighted by Crippen LogP contribution is 2.34. The van der Waals surface area contributed by atoms with Crippen LogP contribution in [0, 0.1) is 0 Å². The number of alkyl halides is 2. The number of rotatable bonds is 5. The number of hydrogen-bond donors (Lipinski definition) is 1. The van der Waals surface area contributed by atoms with Gasteiger partial charge in [-0.1, -0.05) is 35.3 Å². The normalized spacial score (nSPS) is 10.4. The first-order chi connectivity index (χ1) is 10.5. The molecule has 0 spiro atoms. The zero-order valence-electron chi connectivity index (χ0n) is 12.1. The lowest BCUT2D eigenvalue weighted by molar-refractivity contribution is -0.114. The fraction of sp³-hybridized carbons (Fsp3) is 0.188. The fourth-order valence-corrected chi connectivity index (χ4v) is 2.11. The van der Waals surface area contributed by atoms with Crippen LogP contribution in [0.5, 0.6) is 11.5 Å². The second-order valence-electron chi connectivity index (χ2n) is 4.44. The van der Waals surface area contributed by atoms with Crippen LogP contribution in [0.4, 0.5) is 5.69 Å². The van der Waals surface area contributed by atoms with Gasteiger partial charge in [0.1, 0.15) is 11.5 Å². The summed E-state index contributed by atoms with van der Waals surface area (Å²) in [6.45, 7) is 0. The number of carbonyl (C=O) groups excluding carboxylic acids is 1. The molecule has 2 aromatic rings. The monoisotopic (exact) mass is 339 g/mol. The molecule has 0 atom stereocenters. The number of benzene rings is 2. The Balaban J connectivity index is 2.35. The van der Waals surface area contributed by atoms with E-state index in [-0.39, 0.29) is 0 Å². The van der Waals surface area contributed by atoms with E-state index in [1.54, 1.807) is 26.4 Å². The van der Waals surface area contributed by atoms with Crippen molar-refractivity contribution in [1.29, 1.82) is 0 Å². The summed E-state index contributed by atoms with van der Waals surface area (Å²) in [7, 11) is 3.19. The van der Waals surface area contributed by atoms with Gasteiger partial charge in [0.15, 0.2) is 4.84 Å². The Bertz CT molecular complexity index is 674. The zero-order valence-corrected chi connectivity index (χ0v) is 13.6. The van der Waals surface area contributed by atoms with Crippen molar-refractivity contribution >= 4 is 34.8 Å². The lowest BCUT2D eigenvalue weighted by Gasteiger charge is -2.12. The third kappa shape index (κ3) is 3.84. The molecule has 0 radical (unpaired) electrons. The highest BCUT2D eigenvalue weighted by Gasteiger charge is 2.13. The molecule has 22 heavy (non-hydrogen) atoms. The largest absolute Gasteiger partial charge is 0.497 e. The molecule has 1 amide bonds. The highest BCUT2D eigenvalue weighted by atomic mass is 35.5. The van der Waals surface area contributed by atoms with Gasteiger partial charge in [-0.15, -0.1) is 0 Å². The SMILES string of the molecule is COc1ccc(-c2cccc(NC(=O)C(Cl)Cl)c2)c(OC)c1. The summed E-state index contributed by atoms with van der Waals surface area (Å²) in [5.74, 6) is 0.912. The van der Waals surface area contributed by atoms with Crippen LogP contribution in [-0.4, -0.2) is 25.0 Å². The molecule has 4 nitrogen and oxygen atoms in total. The van der Waals surface area contributed by atoms with Crippen molar-refractivity contribution in [1.82, 2.24) is 0 Å². The minimum atomic E-state index is -1.11. The molecule has 0 fully saturated rings. The van der Waals surface area contributed by atoms with Crippen LogP contribution in [-0.2, 0) is 4.79 Å². The third-order valence-corrected chi connectivity index (χ3v) is 3.44. The molecule has 2 rings (SSSR count). The maximum absolute atomic E-state index is 11.6. The van der Waals surface area contributed by atoms with E-state index in [0.717, 1.165) is 11.1 Å². The van der Waals surface area contributed by atoms with Gasteiger partial charge in [0, 0.05) is 17.3 Å². The zero-order chi connectivity index (χ0) is 16.1. The molecule has 0 unspecified atom stereocenters. The Morgan fingerprint density at radius 3 is 2.50 bits per heavy atom. The van der Waals surface area contributed by atoms with Gasteiger partial charge in [-0.2, -0.15) is 0 Å². The van der Waals surface area contributed by atoms with Crippen LogP contribution in [0.3, 0.4) is 0 Å². The molecule has 0 saturated carbocycles. The number of nitrogens with one attached hydrogen (secondary N) is 1. The van der Waals surface area contributed by atoms with Crippen LogP contribution >= 0.6 is 23.2 Å². The highest BCUT2D eigenvalue weighted by molar-refractivity contribution is 6.54. The molecule has 0 saturated heterocycles. The van der Waals surface area contributed by atoms with E-state index in [1.165, 1.54) is 0 Å². The van der Waals surface area contributed by atoms with Gasteiger partial charge in [0.2, 0.25) is 0 Å². The van der Waals surface area contributed by atoms with Crippen molar-refractivity contribution in [3.05, 3.63) is 42.5 Å². The molecule has 0 bridgehead atoms. The first-order valence-electron chi connectivity index (χ1n) is 6.46. The van der Waals surface area contributed by atoms with Gasteiger partial charge in [0.05, 0.1) is 14.2 Å². The van der Waals surface area contributed by atoms with E-state index in [4.69, 9.17) is 32.7 Å². The molecule has 6 heteroatoms. The molecule has 0 heterocycles. The predicted molar refractivity (Wildman–Crippen MR) is 89.1 cm³/mol. The fourth-order valence-electron chi connectivity index (χ4n) is 2.00. The number of amides is 1. The van der Waals surface area contributed by atoms with Gasteiger partial charge in [-0.05, 0) is 29.8 Å². The summed E-state index contributed by atoms with van der Waals surface area (Å²) < 4.78 is 10.6. The number of halogens is 2. The van der Waals surface area contributed by atoms with Gasteiger partial charge >= 0.3 is 0 Å². The first kappa shape index (κ1) is 16.5. The standard InChI is InChI=1S/C16H15Cl2NO3/c1-21-12-6-7-13(14(9-12)22-2)10-4-3-5-11(8-10)19-16(20)15(17)18/h3-9,15H,1-2H3,(H,19,20). The minimum Gasteiger partial charge on any atom is -0.497 e. The van der Waals surface area contributed by atoms with E-state index in [0.29, 0.717) is 17.2 Å². The minimum absolute atomic E-state index is 0.470. The Morgan fingerprint density at radius 2 is 1.86 bits per heavy atom. The van der Waals surface area contributed by atoms with Crippen LogP contribution < -0.4 is 14.8 Å². The van der Waals surface area contributed by atoms with E-state index < -0.39 is 10.7 Å². The van der Waals surface area contributed by atoms with E-state index in [2.05, 4.69) is 5.32 Å². The molecular weight excluding hydrogens is 325 g/mol. The first-order valence-corrected chi connectivity index (χ1v) is 7.34. The number of anilines is 1. The second-order valence-corrected chi connectivity index (χ2v) is 5.53. The third-order valence-electron chi connectivity index (χ3n) is 3.05. The number of ether oxygens (including phenoxy) is 2. The summed E-state index contributed by atoms with van der Waals surface area (Å²) in [6, 6.07) is 12.9. The lowest BCUT2D eigenvalue weighted by Crippen LogP contribution is -2.18. The number of methoxy groups -OCH3 is 2. The molecule has 0 aliphatic rings. The average molecular weight is 340 g/mol. The van der Waals surface area contributed by atoms with Crippen molar-refractivity contribution in [3.8, 4) is 22.6 Å². The van der Waals surface area contributed by atoms with Gasteiger partial charge in [-0.3, -0.25) is 4.79 Å². The van der Waals surface area contributed by atoms with Crippen molar-refractivity contribution in [3.63, 3.8) is 0 Å². The Kier molecular flexibility index (Phi) is 5.52. The maximum Gasteiger partial charge on any atom is 0.257 e. The van der Waals surface area contributed by atoms with Crippen LogP contribution in [0.2, 0.25) is 0 Å². The van der Waals surface area contributed by atoms with Crippen molar-refractivity contribution in [2.45, 2.75) is 4.84 Å². The smallest absolute Gasteiger partial charge is 0.257 e. The maximum atomic E-state index is 11.6. The summed E-state index contributed by atoms with van der Waals surface area (Å²) in [5, 5.41) is 2.64. The molecular formula is C16H15Cl2NO3. The van der Waals surface area contributed by atoms with E-state index in [9.17, 15) is 4.79 Å². The topological polar surface area (TPSA) is 47.6 Å². The lowest BCUT2D eigenvalue weighted by atomic mass is 10.0. The average Bonchev–Trinajstić information content (AvgIpc) is 2.54. The molecule has 0 aliphatic heterocycles. The second kappa shape index (κ2) is 7.38. The molecule has 116 valence electrons. The summed E-state index contributed by atoms with van der Waals surface area (Å²) in [4.78, 5) is 10.4. The van der Waals surface area contributed by atoms with Crippen LogP contribution in [0.1, 0.15) is 0 Å². The van der Waals surface area contributed by atoms with Gasteiger partial charge in [0.25, 0.3) is 5.91 Å². The number of carbonyl (C=O) groups is 1. The Labute approximate surface area is 138 Å². The molecule has 1 N–H and O–H groups in total. The summed E-state index contributed by atoms with van der Waals surface area (Å²) >= 11 is 11.1. The quantitative estimate of drug-likeness (QED) is 0.833. The summed E-state index contributed by atoms with van der Waals surface area (Å²) in [5.41, 5.74) is 2.37. The van der Waals surface area contributed by atoms with Crippen molar-refractivity contribution < 1.29 is 14.3 Å².